The Hall–Kier alpha value is -1.78. The Kier molecular flexibility index (Phi) is 6.85. The maximum absolute atomic E-state index is 14.0. The van der Waals surface area contributed by atoms with E-state index in [1.807, 2.05) is 6.92 Å². The van der Waals surface area contributed by atoms with E-state index in [0.717, 1.165) is 11.6 Å². The Morgan fingerprint density at radius 3 is 2.17 bits per heavy atom. The SMILES string of the molecule is CC(Br)c1ccc(C2=NOC(c3cc(Cl)cc(C(F)(F)F)c3)(C(F)(F)F)C2)cc1.N. The van der Waals surface area contributed by atoms with E-state index in [-0.39, 0.29) is 16.7 Å². The molecule has 3 N–H and O–H groups in total. The minimum atomic E-state index is -5.03. The molecule has 3 rings (SSSR count). The van der Waals surface area contributed by atoms with Gasteiger partial charge in [-0.05, 0) is 36.2 Å². The van der Waals surface area contributed by atoms with Gasteiger partial charge in [0.1, 0.15) is 0 Å². The molecule has 2 atom stereocenters. The number of rotatable bonds is 3. The Labute approximate surface area is 181 Å². The third-order valence-corrected chi connectivity index (χ3v) is 5.33. The molecule has 0 spiro atoms. The molecule has 0 amide bonds. The molecule has 2 aromatic rings. The van der Waals surface area contributed by atoms with Crippen LogP contribution in [0, 0.1) is 0 Å². The van der Waals surface area contributed by atoms with Gasteiger partial charge in [0.2, 0.25) is 0 Å². The third-order valence-electron chi connectivity index (χ3n) is 4.58. The summed E-state index contributed by atoms with van der Waals surface area (Å²) in [6, 6.07) is 8.37. The van der Waals surface area contributed by atoms with Crippen LogP contribution < -0.4 is 6.15 Å². The lowest BCUT2D eigenvalue weighted by molar-refractivity contribution is -0.276. The van der Waals surface area contributed by atoms with Crippen molar-refractivity contribution >= 4 is 33.2 Å². The van der Waals surface area contributed by atoms with E-state index in [4.69, 9.17) is 16.4 Å². The lowest BCUT2D eigenvalue weighted by Gasteiger charge is -2.30. The third kappa shape index (κ3) is 4.60. The Balaban J connectivity index is 0.00000320. The molecule has 0 aromatic heterocycles. The molecule has 11 heteroatoms. The lowest BCUT2D eigenvalue weighted by Crippen LogP contribution is -2.42. The normalized spacial score (nSPS) is 20.2. The molecule has 2 aromatic carbocycles. The highest BCUT2D eigenvalue weighted by atomic mass is 79.9. The van der Waals surface area contributed by atoms with Gasteiger partial charge in [-0.15, -0.1) is 0 Å². The van der Waals surface area contributed by atoms with Gasteiger partial charge in [0.05, 0.1) is 11.3 Å². The average Bonchev–Trinajstić information content (AvgIpc) is 3.07. The fourth-order valence-corrected chi connectivity index (χ4v) is 3.53. The van der Waals surface area contributed by atoms with Crippen LogP contribution in [0.25, 0.3) is 0 Å². The maximum atomic E-state index is 14.0. The van der Waals surface area contributed by atoms with Gasteiger partial charge in [0.25, 0.3) is 5.60 Å². The van der Waals surface area contributed by atoms with Crippen LogP contribution in [0.2, 0.25) is 5.02 Å². The number of nitrogens with zero attached hydrogens (tertiary/aromatic N) is 1. The molecule has 1 aliphatic rings. The second kappa shape index (κ2) is 8.39. The minimum Gasteiger partial charge on any atom is -0.374 e. The zero-order valence-electron chi connectivity index (χ0n) is 15.4. The second-order valence-corrected chi connectivity index (χ2v) is 8.41. The summed E-state index contributed by atoms with van der Waals surface area (Å²) in [4.78, 5) is 4.83. The fraction of sp³-hybridized carbons (Fsp3) is 0.316. The second-order valence-electron chi connectivity index (χ2n) is 6.60. The van der Waals surface area contributed by atoms with Crippen molar-refractivity contribution in [2.24, 2.45) is 5.16 Å². The lowest BCUT2D eigenvalue weighted by atomic mass is 9.85. The van der Waals surface area contributed by atoms with Crippen molar-refractivity contribution in [3.63, 3.8) is 0 Å². The number of hydrogen-bond donors (Lipinski definition) is 1. The summed E-state index contributed by atoms with van der Waals surface area (Å²) in [6.07, 6.45) is -10.7. The van der Waals surface area contributed by atoms with E-state index in [9.17, 15) is 26.3 Å². The van der Waals surface area contributed by atoms with Crippen LogP contribution >= 0.6 is 27.5 Å². The van der Waals surface area contributed by atoms with Crippen LogP contribution in [0.1, 0.15) is 40.4 Å². The molecule has 3 nitrogen and oxygen atoms in total. The highest BCUT2D eigenvalue weighted by molar-refractivity contribution is 9.09. The monoisotopic (exact) mass is 516 g/mol. The van der Waals surface area contributed by atoms with Crippen LogP contribution in [0.4, 0.5) is 26.3 Å². The number of hydrogen-bond acceptors (Lipinski definition) is 3. The van der Waals surface area contributed by atoms with Crippen molar-refractivity contribution in [2.45, 2.75) is 36.1 Å². The zero-order valence-corrected chi connectivity index (χ0v) is 17.8. The number of oxime groups is 1. The summed E-state index contributed by atoms with van der Waals surface area (Å²) in [5.74, 6) is 0. The summed E-state index contributed by atoms with van der Waals surface area (Å²) >= 11 is 9.07. The van der Waals surface area contributed by atoms with Crippen molar-refractivity contribution in [1.29, 1.82) is 0 Å². The molecular formula is C19H16BrClF6N2O. The van der Waals surface area contributed by atoms with Crippen LogP contribution in [0.15, 0.2) is 47.6 Å². The first-order valence-corrected chi connectivity index (χ1v) is 9.57. The molecule has 0 saturated heterocycles. The quantitative estimate of drug-likeness (QED) is 0.337. The fourth-order valence-electron chi connectivity index (χ4n) is 2.99. The van der Waals surface area contributed by atoms with Crippen molar-refractivity contribution in [3.05, 3.63) is 69.7 Å². The van der Waals surface area contributed by atoms with Gasteiger partial charge in [-0.25, -0.2) is 0 Å². The highest BCUT2D eigenvalue weighted by Gasteiger charge is 2.62. The van der Waals surface area contributed by atoms with Gasteiger partial charge < -0.3 is 11.0 Å². The molecule has 0 fully saturated rings. The van der Waals surface area contributed by atoms with E-state index in [0.29, 0.717) is 17.7 Å². The van der Waals surface area contributed by atoms with E-state index in [1.165, 1.54) is 0 Å². The van der Waals surface area contributed by atoms with Crippen LogP contribution in [0.5, 0.6) is 0 Å². The van der Waals surface area contributed by atoms with E-state index < -0.39 is 40.5 Å². The zero-order chi connectivity index (χ0) is 21.6. The van der Waals surface area contributed by atoms with Gasteiger partial charge in [0, 0.05) is 21.8 Å². The predicted octanol–water partition coefficient (Wildman–Crippen LogP) is 7.56. The number of alkyl halides is 7. The van der Waals surface area contributed by atoms with Crippen molar-refractivity contribution < 1.29 is 31.2 Å². The largest absolute Gasteiger partial charge is 0.435 e. The van der Waals surface area contributed by atoms with Gasteiger partial charge in [0.15, 0.2) is 0 Å². The Bertz CT molecular complexity index is 944. The minimum absolute atomic E-state index is 0. The van der Waals surface area contributed by atoms with Gasteiger partial charge in [-0.2, -0.15) is 26.3 Å². The molecule has 0 radical (unpaired) electrons. The summed E-state index contributed by atoms with van der Waals surface area (Å²) in [6.45, 7) is 1.89. The number of halogens is 8. The maximum Gasteiger partial charge on any atom is 0.435 e. The molecule has 2 unspecified atom stereocenters. The van der Waals surface area contributed by atoms with Crippen molar-refractivity contribution in [1.82, 2.24) is 6.15 Å². The van der Waals surface area contributed by atoms with Gasteiger partial charge in [-0.1, -0.05) is 57.0 Å². The topological polar surface area (TPSA) is 56.6 Å². The summed E-state index contributed by atoms with van der Waals surface area (Å²) in [7, 11) is 0. The van der Waals surface area contributed by atoms with Crippen LogP contribution in [0.3, 0.4) is 0 Å². The Morgan fingerprint density at radius 1 is 1.07 bits per heavy atom. The molecule has 0 saturated carbocycles. The molecule has 1 aliphatic heterocycles. The van der Waals surface area contributed by atoms with E-state index in [2.05, 4.69) is 21.1 Å². The first-order valence-electron chi connectivity index (χ1n) is 8.28. The van der Waals surface area contributed by atoms with Crippen molar-refractivity contribution in [2.75, 3.05) is 0 Å². The molecule has 30 heavy (non-hydrogen) atoms. The summed E-state index contributed by atoms with van der Waals surface area (Å²) in [5.41, 5.74) is -3.85. The molecule has 0 aliphatic carbocycles. The molecule has 1 heterocycles. The molecule has 164 valence electrons. The predicted molar refractivity (Wildman–Crippen MR) is 105 cm³/mol. The number of benzene rings is 2. The first-order chi connectivity index (χ1) is 13.3. The highest BCUT2D eigenvalue weighted by Crippen LogP contribution is 2.50. The molecular weight excluding hydrogens is 502 g/mol. The van der Waals surface area contributed by atoms with E-state index in [1.54, 1.807) is 24.3 Å². The van der Waals surface area contributed by atoms with Crippen LogP contribution in [-0.2, 0) is 16.6 Å². The first kappa shape index (κ1) is 24.5. The smallest absolute Gasteiger partial charge is 0.374 e. The van der Waals surface area contributed by atoms with Gasteiger partial charge >= 0.3 is 12.4 Å². The summed E-state index contributed by atoms with van der Waals surface area (Å²) in [5, 5.41) is 3.08. The Morgan fingerprint density at radius 2 is 1.67 bits per heavy atom. The van der Waals surface area contributed by atoms with Gasteiger partial charge in [-0.3, -0.25) is 0 Å². The average molecular weight is 518 g/mol. The standard InChI is InChI=1S/C19H13BrClF6NO.H3N/c1-10(20)11-2-4-12(5-3-11)16-9-17(29-28-16,19(25,26)27)13-6-14(18(22,23)24)8-15(21)7-13;/h2-8,10H,9H2,1H3;1H3. The van der Waals surface area contributed by atoms with E-state index >= 15 is 0 Å². The van der Waals surface area contributed by atoms with Crippen molar-refractivity contribution in [3.8, 4) is 0 Å². The summed E-state index contributed by atoms with van der Waals surface area (Å²) < 4.78 is 81.2. The van der Waals surface area contributed by atoms with Crippen LogP contribution in [-0.4, -0.2) is 11.9 Å². The molecule has 0 bridgehead atoms.